The highest BCUT2D eigenvalue weighted by Crippen LogP contribution is 2.27. The molecule has 3 heteroatoms. The Morgan fingerprint density at radius 1 is 1.18 bits per heavy atom. The van der Waals surface area contributed by atoms with Gasteiger partial charge in [0.25, 0.3) is 0 Å². The van der Waals surface area contributed by atoms with Gasteiger partial charge < -0.3 is 4.90 Å². The molecule has 1 aromatic rings. The molecule has 0 radical (unpaired) electrons. The second-order valence-corrected chi connectivity index (χ2v) is 4.26. The van der Waals surface area contributed by atoms with Crippen molar-refractivity contribution in [2.24, 2.45) is 0 Å². The molecule has 1 aromatic carbocycles. The van der Waals surface area contributed by atoms with Crippen molar-refractivity contribution in [1.29, 1.82) is 0 Å². The van der Waals surface area contributed by atoms with Crippen LogP contribution >= 0.6 is 31.9 Å². The monoisotopic (exact) mass is 277 g/mol. The standard InChI is InChI=1S/C8H9Br2N/c1-11(2)8-5-6(9)3-4-7(8)10/h3-5H,1-2H3. The molecule has 60 valence electrons. The van der Waals surface area contributed by atoms with Crippen molar-refractivity contribution < 1.29 is 0 Å². The van der Waals surface area contributed by atoms with Crippen LogP contribution in [0, 0.1) is 0 Å². The smallest absolute Gasteiger partial charge is 0.0516 e. The van der Waals surface area contributed by atoms with Gasteiger partial charge in [0.1, 0.15) is 0 Å². The van der Waals surface area contributed by atoms with Crippen LogP contribution in [0.5, 0.6) is 0 Å². The molecule has 0 aliphatic rings. The molecular formula is C8H9Br2N. The van der Waals surface area contributed by atoms with E-state index in [0.29, 0.717) is 0 Å². The molecule has 0 saturated carbocycles. The highest BCUT2D eigenvalue weighted by Gasteiger charge is 2.00. The van der Waals surface area contributed by atoms with Crippen LogP contribution in [0.15, 0.2) is 27.1 Å². The van der Waals surface area contributed by atoms with Gasteiger partial charge in [-0.1, -0.05) is 15.9 Å². The molecule has 1 rings (SSSR count). The lowest BCUT2D eigenvalue weighted by Crippen LogP contribution is -2.08. The van der Waals surface area contributed by atoms with E-state index < -0.39 is 0 Å². The zero-order valence-corrected chi connectivity index (χ0v) is 9.61. The average molecular weight is 279 g/mol. The van der Waals surface area contributed by atoms with E-state index in [2.05, 4.69) is 42.8 Å². The first-order valence-electron chi connectivity index (χ1n) is 3.23. The Morgan fingerprint density at radius 3 is 2.27 bits per heavy atom. The third-order valence-corrected chi connectivity index (χ3v) is 2.55. The minimum atomic E-state index is 1.10. The quantitative estimate of drug-likeness (QED) is 0.762. The van der Waals surface area contributed by atoms with E-state index in [-0.39, 0.29) is 0 Å². The van der Waals surface area contributed by atoms with E-state index in [0.717, 1.165) is 8.95 Å². The van der Waals surface area contributed by atoms with Gasteiger partial charge in [-0.15, -0.1) is 0 Å². The summed E-state index contributed by atoms with van der Waals surface area (Å²) >= 11 is 6.89. The Kier molecular flexibility index (Phi) is 2.96. The van der Waals surface area contributed by atoms with Crippen molar-refractivity contribution in [3.8, 4) is 0 Å². The van der Waals surface area contributed by atoms with Gasteiger partial charge in [-0.3, -0.25) is 0 Å². The van der Waals surface area contributed by atoms with Crippen LogP contribution in [0.25, 0.3) is 0 Å². The molecule has 0 aliphatic carbocycles. The van der Waals surface area contributed by atoms with Gasteiger partial charge in [-0.05, 0) is 34.1 Å². The lowest BCUT2D eigenvalue weighted by atomic mass is 10.3. The molecule has 0 heterocycles. The Bertz CT molecular complexity index is 258. The average Bonchev–Trinajstić information content (AvgIpc) is 1.94. The van der Waals surface area contributed by atoms with Gasteiger partial charge in [-0.25, -0.2) is 0 Å². The summed E-state index contributed by atoms with van der Waals surface area (Å²) in [5.41, 5.74) is 1.18. The Balaban J connectivity index is 3.13. The first-order chi connectivity index (χ1) is 5.11. The highest BCUT2D eigenvalue weighted by atomic mass is 79.9. The maximum absolute atomic E-state index is 3.47. The van der Waals surface area contributed by atoms with Crippen LogP contribution in [0.1, 0.15) is 0 Å². The summed E-state index contributed by atoms with van der Waals surface area (Å²) in [7, 11) is 4.04. The predicted octanol–water partition coefficient (Wildman–Crippen LogP) is 3.28. The fourth-order valence-electron chi connectivity index (χ4n) is 0.829. The molecule has 0 N–H and O–H groups in total. The largest absolute Gasteiger partial charge is 0.377 e. The predicted molar refractivity (Wildman–Crippen MR) is 56.2 cm³/mol. The summed E-state index contributed by atoms with van der Waals surface area (Å²) in [6.45, 7) is 0. The van der Waals surface area contributed by atoms with Gasteiger partial charge in [0, 0.05) is 23.0 Å². The van der Waals surface area contributed by atoms with Crippen LogP contribution in [0.3, 0.4) is 0 Å². The van der Waals surface area contributed by atoms with Crippen LogP contribution in [-0.4, -0.2) is 14.1 Å². The lowest BCUT2D eigenvalue weighted by molar-refractivity contribution is 1.12. The molecule has 0 saturated heterocycles. The van der Waals surface area contributed by atoms with Crippen molar-refractivity contribution in [1.82, 2.24) is 0 Å². The van der Waals surface area contributed by atoms with Crippen molar-refractivity contribution in [2.75, 3.05) is 19.0 Å². The number of hydrogen-bond donors (Lipinski definition) is 0. The number of nitrogens with zero attached hydrogens (tertiary/aromatic N) is 1. The number of halogens is 2. The molecular weight excluding hydrogens is 270 g/mol. The van der Waals surface area contributed by atoms with Gasteiger partial charge in [0.05, 0.1) is 5.69 Å². The van der Waals surface area contributed by atoms with Gasteiger partial charge >= 0.3 is 0 Å². The van der Waals surface area contributed by atoms with Crippen molar-refractivity contribution >= 4 is 37.5 Å². The van der Waals surface area contributed by atoms with E-state index in [1.165, 1.54) is 5.69 Å². The molecule has 0 amide bonds. The van der Waals surface area contributed by atoms with Crippen molar-refractivity contribution in [2.45, 2.75) is 0 Å². The topological polar surface area (TPSA) is 3.24 Å². The first-order valence-corrected chi connectivity index (χ1v) is 4.82. The molecule has 1 nitrogen and oxygen atoms in total. The van der Waals surface area contributed by atoms with E-state index in [4.69, 9.17) is 0 Å². The summed E-state index contributed by atoms with van der Waals surface area (Å²) in [6.07, 6.45) is 0. The Morgan fingerprint density at radius 2 is 1.82 bits per heavy atom. The number of benzene rings is 1. The number of rotatable bonds is 1. The molecule has 0 atom stereocenters. The Hall–Kier alpha value is -0.0200. The van der Waals surface area contributed by atoms with Crippen molar-refractivity contribution in [3.05, 3.63) is 27.1 Å². The zero-order chi connectivity index (χ0) is 8.43. The summed E-state index contributed by atoms with van der Waals surface area (Å²) in [5, 5.41) is 0. The van der Waals surface area contributed by atoms with Crippen molar-refractivity contribution in [3.63, 3.8) is 0 Å². The molecule has 0 aromatic heterocycles. The van der Waals surface area contributed by atoms with Crippen LogP contribution < -0.4 is 4.90 Å². The lowest BCUT2D eigenvalue weighted by Gasteiger charge is -2.14. The second-order valence-electron chi connectivity index (χ2n) is 2.49. The minimum absolute atomic E-state index is 1.10. The van der Waals surface area contributed by atoms with E-state index in [9.17, 15) is 0 Å². The highest BCUT2D eigenvalue weighted by molar-refractivity contribution is 9.11. The summed E-state index contributed by atoms with van der Waals surface area (Å²) in [4.78, 5) is 2.06. The summed E-state index contributed by atoms with van der Waals surface area (Å²) in [6, 6.07) is 6.11. The van der Waals surface area contributed by atoms with Crippen LogP contribution in [0.2, 0.25) is 0 Å². The number of anilines is 1. The molecule has 0 fully saturated rings. The summed E-state index contributed by atoms with van der Waals surface area (Å²) < 4.78 is 2.22. The molecule has 0 unspecified atom stereocenters. The van der Waals surface area contributed by atoms with E-state index in [1.807, 2.05) is 26.2 Å². The maximum atomic E-state index is 3.47. The first kappa shape index (κ1) is 9.07. The van der Waals surface area contributed by atoms with Gasteiger partial charge in [0.15, 0.2) is 0 Å². The fraction of sp³-hybridized carbons (Fsp3) is 0.250. The van der Waals surface area contributed by atoms with Crippen LogP contribution in [-0.2, 0) is 0 Å². The van der Waals surface area contributed by atoms with Gasteiger partial charge in [-0.2, -0.15) is 0 Å². The molecule has 0 bridgehead atoms. The summed E-state index contributed by atoms with van der Waals surface area (Å²) in [5.74, 6) is 0. The minimum Gasteiger partial charge on any atom is -0.377 e. The van der Waals surface area contributed by atoms with Crippen LogP contribution in [0.4, 0.5) is 5.69 Å². The third kappa shape index (κ3) is 2.20. The van der Waals surface area contributed by atoms with E-state index >= 15 is 0 Å². The fourth-order valence-corrected chi connectivity index (χ4v) is 1.78. The molecule has 0 spiro atoms. The van der Waals surface area contributed by atoms with E-state index in [1.54, 1.807) is 0 Å². The van der Waals surface area contributed by atoms with Gasteiger partial charge in [0.2, 0.25) is 0 Å². The third-order valence-electron chi connectivity index (χ3n) is 1.39. The second kappa shape index (κ2) is 3.59. The SMILES string of the molecule is CN(C)c1cc(Br)ccc1Br. The zero-order valence-electron chi connectivity index (χ0n) is 6.44. The number of hydrogen-bond acceptors (Lipinski definition) is 1. The molecule has 0 aliphatic heterocycles. The molecule has 11 heavy (non-hydrogen) atoms. The Labute approximate surface area is 83.7 Å². The normalized spacial score (nSPS) is 9.82. The maximum Gasteiger partial charge on any atom is 0.0516 e.